The largest absolute Gasteiger partial charge is 0.306 e. The zero-order chi connectivity index (χ0) is 13.1. The van der Waals surface area contributed by atoms with Crippen LogP contribution in [-0.4, -0.2) is 25.8 Å². The molecule has 2 rings (SSSR count). The Hall–Kier alpha value is -2.02. The number of nitrogens with zero attached hydrogens (tertiary/aromatic N) is 4. The molecule has 0 N–H and O–H groups in total. The summed E-state index contributed by atoms with van der Waals surface area (Å²) in [6.07, 6.45) is 2.14. The number of hydrogen-bond donors (Lipinski definition) is 0. The van der Waals surface area contributed by atoms with Crippen molar-refractivity contribution in [3.63, 3.8) is 0 Å². The normalized spacial score (nSPS) is 10.6. The summed E-state index contributed by atoms with van der Waals surface area (Å²) in [5, 5.41) is 18.3. The van der Waals surface area contributed by atoms with Gasteiger partial charge in [-0.25, -0.2) is 4.68 Å². The number of nitro benzene ring substituents is 1. The van der Waals surface area contributed by atoms with E-state index in [2.05, 4.69) is 10.3 Å². The lowest BCUT2D eigenvalue weighted by Gasteiger charge is -2.00. The highest BCUT2D eigenvalue weighted by Gasteiger charge is 2.15. The highest BCUT2D eigenvalue weighted by molar-refractivity contribution is 6.17. The molecule has 0 aliphatic carbocycles. The van der Waals surface area contributed by atoms with E-state index in [1.54, 1.807) is 6.20 Å². The molecule has 0 unspecified atom stereocenters. The van der Waals surface area contributed by atoms with E-state index in [0.717, 1.165) is 12.1 Å². The molecule has 6 nitrogen and oxygen atoms in total. The fourth-order valence-electron chi connectivity index (χ4n) is 1.42. The van der Waals surface area contributed by atoms with E-state index in [1.807, 2.05) is 0 Å². The van der Waals surface area contributed by atoms with Gasteiger partial charge >= 0.3 is 5.69 Å². The van der Waals surface area contributed by atoms with E-state index in [-0.39, 0.29) is 0 Å². The highest BCUT2D eigenvalue weighted by Crippen LogP contribution is 2.20. The van der Waals surface area contributed by atoms with Crippen LogP contribution in [0.4, 0.5) is 10.1 Å². The second-order valence-corrected chi connectivity index (χ2v) is 3.86. The first kappa shape index (κ1) is 12.4. The predicted octanol–water partition coefficient (Wildman–Crippen LogP) is 2.10. The average molecular weight is 271 g/mol. The first-order valence-corrected chi connectivity index (χ1v) is 5.57. The lowest BCUT2D eigenvalue weighted by molar-refractivity contribution is -0.387. The van der Waals surface area contributed by atoms with Gasteiger partial charge < -0.3 is 0 Å². The van der Waals surface area contributed by atoms with Crippen molar-refractivity contribution in [2.45, 2.75) is 6.42 Å². The van der Waals surface area contributed by atoms with Crippen LogP contribution in [-0.2, 0) is 6.42 Å². The third-order valence-electron chi connectivity index (χ3n) is 2.28. The summed E-state index contributed by atoms with van der Waals surface area (Å²) in [5.41, 5.74) is 0.440. The summed E-state index contributed by atoms with van der Waals surface area (Å²) in [6, 6.07) is 3.52. The zero-order valence-electron chi connectivity index (χ0n) is 9.08. The molecule has 0 bridgehead atoms. The van der Waals surface area contributed by atoms with Crippen LogP contribution < -0.4 is 0 Å². The second-order valence-electron chi connectivity index (χ2n) is 3.49. The van der Waals surface area contributed by atoms with E-state index in [1.165, 1.54) is 10.7 Å². The molecule has 0 radical (unpaired) electrons. The lowest BCUT2D eigenvalue weighted by Crippen LogP contribution is -1.98. The fourth-order valence-corrected chi connectivity index (χ4v) is 1.61. The minimum atomic E-state index is -0.884. The standard InChI is InChI=1S/C10H8ClFN4O2/c11-4-3-7-6-15(14-13-7)8-1-2-9(12)10(5-8)16(17)18/h1-2,5-6H,3-4H2. The molecular formula is C10H8ClFN4O2. The van der Waals surface area contributed by atoms with Crippen molar-refractivity contribution in [1.82, 2.24) is 15.0 Å². The van der Waals surface area contributed by atoms with Gasteiger partial charge in [0.15, 0.2) is 0 Å². The minimum Gasteiger partial charge on any atom is -0.258 e. The molecule has 0 spiro atoms. The van der Waals surface area contributed by atoms with Crippen LogP contribution in [0.1, 0.15) is 5.69 Å². The molecular weight excluding hydrogens is 263 g/mol. The summed E-state index contributed by atoms with van der Waals surface area (Å²) < 4.78 is 14.5. The van der Waals surface area contributed by atoms with Crippen LogP contribution in [0.3, 0.4) is 0 Å². The molecule has 0 saturated heterocycles. The van der Waals surface area contributed by atoms with Crippen molar-refractivity contribution in [3.8, 4) is 5.69 Å². The Morgan fingerprint density at radius 3 is 2.94 bits per heavy atom. The van der Waals surface area contributed by atoms with E-state index < -0.39 is 16.4 Å². The molecule has 1 aromatic heterocycles. The SMILES string of the molecule is O=[N+]([O-])c1cc(-n2cc(CCCl)nn2)ccc1F. The van der Waals surface area contributed by atoms with Crippen molar-refractivity contribution >= 4 is 17.3 Å². The molecule has 0 aliphatic rings. The van der Waals surface area contributed by atoms with Gasteiger partial charge in [-0.3, -0.25) is 10.1 Å². The fraction of sp³-hybridized carbons (Fsp3) is 0.200. The average Bonchev–Trinajstić information content (AvgIpc) is 2.78. The van der Waals surface area contributed by atoms with Crippen LogP contribution in [0.2, 0.25) is 0 Å². The molecule has 0 atom stereocenters. The molecule has 94 valence electrons. The third kappa shape index (κ3) is 2.45. The Kier molecular flexibility index (Phi) is 3.52. The van der Waals surface area contributed by atoms with Gasteiger partial charge in [-0.1, -0.05) is 5.21 Å². The Labute approximate surface area is 106 Å². The first-order valence-electron chi connectivity index (χ1n) is 5.03. The maximum atomic E-state index is 13.2. The summed E-state index contributed by atoms with van der Waals surface area (Å²) >= 11 is 5.56. The Balaban J connectivity index is 2.38. The molecule has 0 aliphatic heterocycles. The summed E-state index contributed by atoms with van der Waals surface area (Å²) in [7, 11) is 0. The van der Waals surface area contributed by atoms with Gasteiger partial charge in [-0.2, -0.15) is 4.39 Å². The van der Waals surface area contributed by atoms with Crippen LogP contribution >= 0.6 is 11.6 Å². The Bertz CT molecular complexity index is 587. The zero-order valence-corrected chi connectivity index (χ0v) is 9.84. The molecule has 1 heterocycles. The van der Waals surface area contributed by atoms with Gasteiger partial charge in [0.2, 0.25) is 5.82 Å². The summed E-state index contributed by atoms with van der Waals surface area (Å²) in [6.45, 7) is 0. The highest BCUT2D eigenvalue weighted by atomic mass is 35.5. The molecule has 0 saturated carbocycles. The van der Waals surface area contributed by atoms with E-state index in [4.69, 9.17) is 11.6 Å². The lowest BCUT2D eigenvalue weighted by atomic mass is 10.2. The minimum absolute atomic E-state index is 0.372. The van der Waals surface area contributed by atoms with Gasteiger partial charge in [-0.15, -0.1) is 16.7 Å². The molecule has 18 heavy (non-hydrogen) atoms. The number of benzene rings is 1. The third-order valence-corrected chi connectivity index (χ3v) is 2.47. The molecule has 1 aromatic carbocycles. The van der Waals surface area contributed by atoms with Crippen LogP contribution in [0, 0.1) is 15.9 Å². The van der Waals surface area contributed by atoms with Gasteiger partial charge in [0.1, 0.15) is 0 Å². The van der Waals surface area contributed by atoms with Crippen LogP contribution in [0.25, 0.3) is 5.69 Å². The number of aryl methyl sites for hydroxylation is 1. The van der Waals surface area contributed by atoms with Crippen LogP contribution in [0.5, 0.6) is 0 Å². The maximum absolute atomic E-state index is 13.2. The summed E-state index contributed by atoms with van der Waals surface area (Å²) in [4.78, 5) is 9.83. The van der Waals surface area contributed by atoms with E-state index >= 15 is 0 Å². The quantitative estimate of drug-likeness (QED) is 0.484. The van der Waals surface area contributed by atoms with Gasteiger partial charge in [-0.05, 0) is 12.1 Å². The predicted molar refractivity (Wildman–Crippen MR) is 62.4 cm³/mol. The summed E-state index contributed by atoms with van der Waals surface area (Å²) in [5.74, 6) is -0.479. The van der Waals surface area contributed by atoms with E-state index in [0.29, 0.717) is 23.7 Å². The van der Waals surface area contributed by atoms with Gasteiger partial charge in [0.05, 0.1) is 22.5 Å². The maximum Gasteiger partial charge on any atom is 0.306 e. The number of aromatic nitrogens is 3. The second kappa shape index (κ2) is 5.09. The number of halogens is 2. The van der Waals surface area contributed by atoms with Gasteiger partial charge in [0, 0.05) is 18.4 Å². The van der Waals surface area contributed by atoms with Crippen molar-refractivity contribution in [2.24, 2.45) is 0 Å². The number of hydrogen-bond acceptors (Lipinski definition) is 4. The van der Waals surface area contributed by atoms with Gasteiger partial charge in [0.25, 0.3) is 0 Å². The molecule has 0 amide bonds. The van der Waals surface area contributed by atoms with Crippen molar-refractivity contribution in [3.05, 3.63) is 46.0 Å². The topological polar surface area (TPSA) is 73.8 Å². The molecule has 0 fully saturated rings. The monoisotopic (exact) mass is 270 g/mol. The molecule has 2 aromatic rings. The first-order chi connectivity index (χ1) is 8.61. The van der Waals surface area contributed by atoms with E-state index in [9.17, 15) is 14.5 Å². The number of alkyl halides is 1. The number of nitro groups is 1. The van der Waals surface area contributed by atoms with Crippen molar-refractivity contribution in [2.75, 3.05) is 5.88 Å². The van der Waals surface area contributed by atoms with Crippen molar-refractivity contribution in [1.29, 1.82) is 0 Å². The van der Waals surface area contributed by atoms with Crippen molar-refractivity contribution < 1.29 is 9.31 Å². The smallest absolute Gasteiger partial charge is 0.258 e. The Morgan fingerprint density at radius 1 is 1.50 bits per heavy atom. The number of rotatable bonds is 4. The van der Waals surface area contributed by atoms with Crippen LogP contribution in [0.15, 0.2) is 24.4 Å². The molecule has 8 heteroatoms. The Morgan fingerprint density at radius 2 is 2.28 bits per heavy atom.